The van der Waals surface area contributed by atoms with Gasteiger partial charge in [-0.3, -0.25) is 18.6 Å². The maximum absolute atomic E-state index is 12.7. The fraction of sp³-hybridized carbons (Fsp3) is 0.786. The van der Waals surface area contributed by atoms with Gasteiger partial charge in [-0.25, -0.2) is 4.57 Å². The summed E-state index contributed by atoms with van der Waals surface area (Å²) in [6.45, 7) is 3.68. The van der Waals surface area contributed by atoms with E-state index in [-0.39, 0.29) is 32.6 Å². The largest absolute Gasteiger partial charge is 0.472 e. The monoisotopic (exact) mass is 948 g/mol. The van der Waals surface area contributed by atoms with E-state index >= 15 is 0 Å². The van der Waals surface area contributed by atoms with Crippen molar-refractivity contribution in [1.82, 2.24) is 0 Å². The molecular weight excluding hydrogens is 846 g/mol. The van der Waals surface area contributed by atoms with E-state index < -0.39 is 32.5 Å². The Balaban J connectivity index is 3.93. The number of phosphoric acid groups is 1. The van der Waals surface area contributed by atoms with Gasteiger partial charge in [0.2, 0.25) is 0 Å². The first kappa shape index (κ1) is 63.7. The number of phosphoric ester groups is 1. The summed E-state index contributed by atoms with van der Waals surface area (Å²) in [6, 6.07) is 0. The molecule has 384 valence electrons. The molecule has 66 heavy (non-hydrogen) atoms. The van der Waals surface area contributed by atoms with E-state index in [9.17, 15) is 19.0 Å². The second-order valence-corrected chi connectivity index (χ2v) is 19.5. The van der Waals surface area contributed by atoms with Crippen LogP contribution in [0.25, 0.3) is 0 Å². The van der Waals surface area contributed by atoms with Crippen LogP contribution in [-0.4, -0.2) is 49.3 Å². The van der Waals surface area contributed by atoms with Gasteiger partial charge in [-0.05, 0) is 77.0 Å². The average Bonchev–Trinajstić information content (AvgIpc) is 3.31. The van der Waals surface area contributed by atoms with Crippen LogP contribution in [0.2, 0.25) is 0 Å². The molecule has 0 aliphatic rings. The zero-order chi connectivity index (χ0) is 48.1. The van der Waals surface area contributed by atoms with Crippen LogP contribution >= 0.6 is 7.82 Å². The summed E-state index contributed by atoms with van der Waals surface area (Å²) in [4.78, 5) is 35.0. The Hall–Kier alpha value is -2.29. The first-order chi connectivity index (χ1) is 32.3. The third kappa shape index (κ3) is 51.1. The third-order valence-electron chi connectivity index (χ3n) is 11.6. The van der Waals surface area contributed by atoms with Crippen molar-refractivity contribution in [2.45, 2.75) is 258 Å². The van der Waals surface area contributed by atoms with Crippen LogP contribution in [0.4, 0.5) is 0 Å². The molecule has 0 aliphatic carbocycles. The second kappa shape index (κ2) is 52.1. The smallest absolute Gasteiger partial charge is 0.462 e. The molecule has 0 saturated carbocycles. The Labute approximate surface area is 406 Å². The Kier molecular flexibility index (Phi) is 50.3. The molecule has 0 saturated heterocycles. The second-order valence-electron chi connectivity index (χ2n) is 18.1. The van der Waals surface area contributed by atoms with Crippen LogP contribution < -0.4 is 5.73 Å². The third-order valence-corrected chi connectivity index (χ3v) is 12.6. The highest BCUT2D eigenvalue weighted by Crippen LogP contribution is 2.43. The van der Waals surface area contributed by atoms with Gasteiger partial charge >= 0.3 is 19.8 Å². The minimum atomic E-state index is -4.39. The molecule has 10 heteroatoms. The van der Waals surface area contributed by atoms with Crippen molar-refractivity contribution in [3.63, 3.8) is 0 Å². The first-order valence-electron chi connectivity index (χ1n) is 27.3. The summed E-state index contributed by atoms with van der Waals surface area (Å²) in [5, 5.41) is 0. The number of ether oxygens (including phenoxy) is 2. The topological polar surface area (TPSA) is 134 Å². The lowest BCUT2D eigenvalue weighted by molar-refractivity contribution is -0.161. The molecule has 2 atom stereocenters. The maximum atomic E-state index is 12.7. The molecule has 0 amide bonds. The van der Waals surface area contributed by atoms with Gasteiger partial charge in [-0.2, -0.15) is 0 Å². The number of carbonyl (C=O) groups is 2. The highest BCUT2D eigenvalue weighted by atomic mass is 31.2. The van der Waals surface area contributed by atoms with Crippen LogP contribution in [0.3, 0.4) is 0 Å². The summed E-state index contributed by atoms with van der Waals surface area (Å²) in [6.07, 6.45) is 64.2. The SMILES string of the molecule is CCCC/C=C\C/C=C\CCCCCCCC(=O)OCC(COP(=O)(O)OCCN)OC(=O)CCCCCCCCCCCCCCCCCC/C=C\C/C=C\C/C=C\CCCCCCC. The zero-order valence-electron chi connectivity index (χ0n) is 42.7. The van der Waals surface area contributed by atoms with Crippen molar-refractivity contribution in [3.8, 4) is 0 Å². The summed E-state index contributed by atoms with van der Waals surface area (Å²) in [5.41, 5.74) is 5.37. The predicted molar refractivity (Wildman–Crippen MR) is 279 cm³/mol. The quantitative estimate of drug-likeness (QED) is 0.0264. The van der Waals surface area contributed by atoms with E-state index in [0.29, 0.717) is 12.8 Å². The average molecular weight is 948 g/mol. The molecule has 0 heterocycles. The van der Waals surface area contributed by atoms with Crippen molar-refractivity contribution >= 4 is 19.8 Å². The fourth-order valence-corrected chi connectivity index (χ4v) is 8.31. The molecule has 0 radical (unpaired) electrons. The maximum Gasteiger partial charge on any atom is 0.472 e. The summed E-state index contributed by atoms with van der Waals surface area (Å²) in [7, 11) is -4.39. The molecule has 0 aromatic heterocycles. The number of rotatable bonds is 51. The molecule has 3 N–H and O–H groups in total. The minimum absolute atomic E-state index is 0.0503. The van der Waals surface area contributed by atoms with E-state index in [1.165, 1.54) is 135 Å². The molecule has 9 nitrogen and oxygen atoms in total. The van der Waals surface area contributed by atoms with Gasteiger partial charge in [0.25, 0.3) is 0 Å². The lowest BCUT2D eigenvalue weighted by Gasteiger charge is -2.19. The van der Waals surface area contributed by atoms with Gasteiger partial charge in [0.1, 0.15) is 6.61 Å². The van der Waals surface area contributed by atoms with Gasteiger partial charge in [0.15, 0.2) is 6.10 Å². The summed E-state index contributed by atoms with van der Waals surface area (Å²) < 4.78 is 32.9. The van der Waals surface area contributed by atoms with Crippen molar-refractivity contribution in [3.05, 3.63) is 60.8 Å². The molecule has 2 unspecified atom stereocenters. The number of hydrogen-bond acceptors (Lipinski definition) is 8. The molecular formula is C56H102NO8P. The number of hydrogen-bond donors (Lipinski definition) is 2. The number of esters is 2. The summed E-state index contributed by atoms with van der Waals surface area (Å²) in [5.74, 6) is -0.840. The fourth-order valence-electron chi connectivity index (χ4n) is 7.54. The van der Waals surface area contributed by atoms with E-state index in [0.717, 1.165) is 77.0 Å². The first-order valence-corrected chi connectivity index (χ1v) is 28.8. The zero-order valence-corrected chi connectivity index (χ0v) is 43.6. The van der Waals surface area contributed by atoms with E-state index in [1.54, 1.807) is 0 Å². The van der Waals surface area contributed by atoms with Crippen LogP contribution in [0.15, 0.2) is 60.8 Å². The van der Waals surface area contributed by atoms with Gasteiger partial charge in [0.05, 0.1) is 13.2 Å². The molecule has 0 bridgehead atoms. The Morgan fingerprint density at radius 1 is 0.455 bits per heavy atom. The van der Waals surface area contributed by atoms with Gasteiger partial charge in [0, 0.05) is 19.4 Å². The molecule has 0 spiro atoms. The van der Waals surface area contributed by atoms with E-state index in [1.807, 2.05) is 0 Å². The van der Waals surface area contributed by atoms with Crippen LogP contribution in [0, 0.1) is 0 Å². The highest BCUT2D eigenvalue weighted by molar-refractivity contribution is 7.47. The summed E-state index contributed by atoms with van der Waals surface area (Å²) >= 11 is 0. The van der Waals surface area contributed by atoms with Crippen molar-refractivity contribution < 1.29 is 37.6 Å². The van der Waals surface area contributed by atoms with Crippen molar-refractivity contribution in [2.24, 2.45) is 5.73 Å². The lowest BCUT2D eigenvalue weighted by atomic mass is 10.0. The van der Waals surface area contributed by atoms with Crippen LogP contribution in [-0.2, 0) is 32.7 Å². The van der Waals surface area contributed by atoms with E-state index in [4.69, 9.17) is 24.3 Å². The van der Waals surface area contributed by atoms with Crippen molar-refractivity contribution in [1.29, 1.82) is 0 Å². The Morgan fingerprint density at radius 3 is 1.21 bits per heavy atom. The normalized spacial score (nSPS) is 13.6. The van der Waals surface area contributed by atoms with Crippen LogP contribution in [0.5, 0.6) is 0 Å². The molecule has 0 fully saturated rings. The molecule has 0 aromatic rings. The van der Waals surface area contributed by atoms with Crippen LogP contribution in [0.1, 0.15) is 251 Å². The van der Waals surface area contributed by atoms with Gasteiger partial charge < -0.3 is 20.1 Å². The molecule has 0 rings (SSSR count). The molecule has 0 aliphatic heterocycles. The number of allylic oxidation sites excluding steroid dienone is 10. The Bertz CT molecular complexity index is 1260. The Morgan fingerprint density at radius 2 is 0.803 bits per heavy atom. The predicted octanol–water partition coefficient (Wildman–Crippen LogP) is 16.8. The highest BCUT2D eigenvalue weighted by Gasteiger charge is 2.26. The number of carbonyl (C=O) groups excluding carboxylic acids is 2. The van der Waals surface area contributed by atoms with E-state index in [2.05, 4.69) is 74.6 Å². The standard InChI is InChI=1S/C56H102NO8P/c1-3-5-7-9-11-13-15-17-19-20-21-22-23-24-25-26-27-28-29-30-31-32-33-34-35-37-39-41-43-45-47-49-56(59)65-54(53-64-66(60,61)63-51-50-57)52-62-55(58)48-46-44-42-40-38-36-18-16-14-12-10-8-6-4-2/h10,12,15-18,20-21,23-24,54H,3-9,11,13-14,19,22,25-53,57H2,1-2H3,(H,60,61)/b12-10-,17-15-,18-16-,21-20-,24-23-. The minimum Gasteiger partial charge on any atom is -0.462 e. The van der Waals surface area contributed by atoms with Gasteiger partial charge in [-0.1, -0.05) is 222 Å². The molecule has 0 aromatic carbocycles. The number of nitrogens with two attached hydrogens (primary N) is 1. The lowest BCUT2D eigenvalue weighted by Crippen LogP contribution is -2.29. The number of unbranched alkanes of at least 4 members (excludes halogenated alkanes) is 28. The van der Waals surface area contributed by atoms with Crippen molar-refractivity contribution in [2.75, 3.05) is 26.4 Å². The van der Waals surface area contributed by atoms with Gasteiger partial charge in [-0.15, -0.1) is 0 Å².